The molecule has 0 bridgehead atoms. The molecule has 0 saturated heterocycles. The quantitative estimate of drug-likeness (QED) is 0.705. The molecule has 2 rings (SSSR count). The van der Waals surface area contributed by atoms with Crippen LogP contribution < -0.4 is 15.4 Å². The van der Waals surface area contributed by atoms with Crippen LogP contribution in [0, 0.1) is 0 Å². The number of aliphatic hydroxyl groups is 1. The zero-order valence-corrected chi connectivity index (χ0v) is 13.4. The Bertz CT molecular complexity index is 658. The molecule has 1 aromatic carbocycles. The van der Waals surface area contributed by atoms with Gasteiger partial charge in [0, 0.05) is 6.54 Å². The Morgan fingerprint density at radius 3 is 2.74 bits per heavy atom. The molecule has 0 aliphatic carbocycles. The highest BCUT2D eigenvalue weighted by Crippen LogP contribution is 2.22. The van der Waals surface area contributed by atoms with Crippen molar-refractivity contribution in [3.05, 3.63) is 46.7 Å². The molecule has 122 valence electrons. The highest BCUT2D eigenvalue weighted by atomic mass is 32.1. The van der Waals surface area contributed by atoms with E-state index in [1.165, 1.54) is 18.4 Å². The maximum atomic E-state index is 11.8. The van der Waals surface area contributed by atoms with Crippen molar-refractivity contribution in [1.29, 1.82) is 0 Å². The number of nitrogens with one attached hydrogen (secondary N) is 2. The van der Waals surface area contributed by atoms with Crippen LogP contribution in [0.4, 0.5) is 5.69 Å². The number of benzene rings is 1. The summed E-state index contributed by atoms with van der Waals surface area (Å²) in [5.74, 6) is -1.06. The predicted molar refractivity (Wildman–Crippen MR) is 88.5 cm³/mol. The zero-order valence-electron chi connectivity index (χ0n) is 12.6. The van der Waals surface area contributed by atoms with Crippen molar-refractivity contribution in [3.63, 3.8) is 0 Å². The molecule has 0 radical (unpaired) electrons. The molecule has 0 saturated carbocycles. The maximum Gasteiger partial charge on any atom is 0.313 e. The minimum absolute atomic E-state index is 0.204. The Hall–Kier alpha value is -2.38. The molecule has 0 fully saturated rings. The first-order valence-electron chi connectivity index (χ1n) is 7.04. The second-order valence-corrected chi connectivity index (χ2v) is 5.55. The van der Waals surface area contributed by atoms with Crippen molar-refractivity contribution in [3.8, 4) is 5.75 Å². The van der Waals surface area contributed by atoms with E-state index >= 15 is 0 Å². The minimum atomic E-state index is -0.778. The lowest BCUT2D eigenvalue weighted by molar-refractivity contribution is -0.136. The maximum absolute atomic E-state index is 11.8. The number of carbonyl (C=O) groups is 2. The van der Waals surface area contributed by atoms with Crippen LogP contribution in [0.5, 0.6) is 5.75 Å². The van der Waals surface area contributed by atoms with Gasteiger partial charge in [-0.2, -0.15) is 11.3 Å². The van der Waals surface area contributed by atoms with Crippen molar-refractivity contribution < 1.29 is 19.4 Å². The Kier molecular flexibility index (Phi) is 6.13. The molecule has 0 spiro atoms. The van der Waals surface area contributed by atoms with Gasteiger partial charge in [0.05, 0.1) is 18.9 Å². The van der Waals surface area contributed by atoms with Crippen LogP contribution in [-0.2, 0) is 9.59 Å². The summed E-state index contributed by atoms with van der Waals surface area (Å²) in [6.07, 6.45) is -0.316. The standard InChI is InChI=1S/C16H18N2O4S/c1-22-14-5-3-2-4-12(14)18-16(21)15(20)17-8-6-13(19)11-7-9-23-10-11/h2-5,7,9-10,13,19H,6,8H2,1H3,(H,17,20)(H,18,21). The zero-order chi connectivity index (χ0) is 16.7. The number of para-hydroxylation sites is 2. The average Bonchev–Trinajstić information content (AvgIpc) is 3.09. The fourth-order valence-corrected chi connectivity index (χ4v) is 2.67. The van der Waals surface area contributed by atoms with E-state index in [4.69, 9.17) is 4.74 Å². The Morgan fingerprint density at radius 1 is 1.26 bits per heavy atom. The molecule has 0 aliphatic rings. The largest absolute Gasteiger partial charge is 0.495 e. The summed E-state index contributed by atoms with van der Waals surface area (Å²) in [5, 5.41) is 18.6. The van der Waals surface area contributed by atoms with Crippen LogP contribution in [0.2, 0.25) is 0 Å². The van der Waals surface area contributed by atoms with Crippen LogP contribution in [0.25, 0.3) is 0 Å². The number of rotatable bonds is 6. The average molecular weight is 334 g/mol. The number of hydrogen-bond donors (Lipinski definition) is 3. The van der Waals surface area contributed by atoms with Gasteiger partial charge in [-0.25, -0.2) is 0 Å². The number of anilines is 1. The highest BCUT2D eigenvalue weighted by molar-refractivity contribution is 7.07. The number of methoxy groups -OCH3 is 1. The predicted octanol–water partition coefficient (Wildman–Crippen LogP) is 1.94. The van der Waals surface area contributed by atoms with E-state index in [2.05, 4.69) is 10.6 Å². The molecule has 1 heterocycles. The third-order valence-corrected chi connectivity index (χ3v) is 3.89. The normalized spacial score (nSPS) is 11.6. The van der Waals surface area contributed by atoms with Gasteiger partial charge in [-0.1, -0.05) is 12.1 Å². The van der Waals surface area contributed by atoms with Crippen molar-refractivity contribution in [2.75, 3.05) is 19.0 Å². The molecule has 6 nitrogen and oxygen atoms in total. The summed E-state index contributed by atoms with van der Waals surface area (Å²) in [4.78, 5) is 23.6. The number of amides is 2. The molecular weight excluding hydrogens is 316 g/mol. The van der Waals surface area contributed by atoms with E-state index in [1.807, 2.05) is 16.8 Å². The van der Waals surface area contributed by atoms with Gasteiger partial charge in [0.15, 0.2) is 0 Å². The van der Waals surface area contributed by atoms with Crippen LogP contribution >= 0.6 is 11.3 Å². The van der Waals surface area contributed by atoms with Gasteiger partial charge >= 0.3 is 11.8 Å². The van der Waals surface area contributed by atoms with Crippen molar-refractivity contribution in [2.45, 2.75) is 12.5 Å². The van der Waals surface area contributed by atoms with Gasteiger partial charge in [-0.15, -0.1) is 0 Å². The molecule has 7 heteroatoms. The van der Waals surface area contributed by atoms with E-state index in [0.29, 0.717) is 17.9 Å². The summed E-state index contributed by atoms with van der Waals surface area (Å²) in [6.45, 7) is 0.204. The lowest BCUT2D eigenvalue weighted by Crippen LogP contribution is -2.36. The number of hydrogen-bond acceptors (Lipinski definition) is 5. The van der Waals surface area contributed by atoms with Gasteiger partial charge < -0.3 is 20.5 Å². The second-order valence-electron chi connectivity index (χ2n) is 4.77. The van der Waals surface area contributed by atoms with Gasteiger partial charge in [-0.3, -0.25) is 9.59 Å². The minimum Gasteiger partial charge on any atom is -0.495 e. The van der Waals surface area contributed by atoms with Crippen LogP contribution in [-0.4, -0.2) is 30.6 Å². The topological polar surface area (TPSA) is 87.7 Å². The third-order valence-electron chi connectivity index (χ3n) is 3.19. The first-order valence-corrected chi connectivity index (χ1v) is 7.98. The van der Waals surface area contributed by atoms with Crippen LogP contribution in [0.15, 0.2) is 41.1 Å². The van der Waals surface area contributed by atoms with Gasteiger partial charge in [0.1, 0.15) is 5.75 Å². The lowest BCUT2D eigenvalue weighted by Gasteiger charge is -2.11. The molecule has 2 aromatic rings. The van der Waals surface area contributed by atoms with Crippen LogP contribution in [0.3, 0.4) is 0 Å². The molecule has 1 atom stereocenters. The monoisotopic (exact) mass is 334 g/mol. The van der Waals surface area contributed by atoms with Gasteiger partial charge in [0.2, 0.25) is 0 Å². The van der Waals surface area contributed by atoms with Crippen LogP contribution in [0.1, 0.15) is 18.1 Å². The van der Waals surface area contributed by atoms with E-state index in [-0.39, 0.29) is 6.54 Å². The third kappa shape index (κ3) is 4.80. The highest BCUT2D eigenvalue weighted by Gasteiger charge is 2.16. The molecule has 2 amide bonds. The number of thiophene rings is 1. The van der Waals surface area contributed by atoms with Gasteiger partial charge in [-0.05, 0) is 40.9 Å². The summed E-state index contributed by atoms with van der Waals surface area (Å²) in [6, 6.07) is 8.65. The SMILES string of the molecule is COc1ccccc1NC(=O)C(=O)NCCC(O)c1ccsc1. The Balaban J connectivity index is 1.80. The molecular formula is C16H18N2O4S. The molecule has 23 heavy (non-hydrogen) atoms. The number of aliphatic hydroxyl groups excluding tert-OH is 1. The van der Waals surface area contributed by atoms with Gasteiger partial charge in [0.25, 0.3) is 0 Å². The molecule has 0 aliphatic heterocycles. The smallest absolute Gasteiger partial charge is 0.313 e. The lowest BCUT2D eigenvalue weighted by atomic mass is 10.1. The molecule has 1 aromatic heterocycles. The molecule has 3 N–H and O–H groups in total. The van der Waals surface area contributed by atoms with E-state index in [1.54, 1.807) is 24.3 Å². The van der Waals surface area contributed by atoms with Crippen molar-refractivity contribution >= 4 is 28.8 Å². The Labute approximate surface area is 138 Å². The number of carbonyl (C=O) groups excluding carboxylic acids is 2. The van der Waals surface area contributed by atoms with Crippen molar-refractivity contribution in [1.82, 2.24) is 5.32 Å². The summed E-state index contributed by atoms with van der Waals surface area (Å²) < 4.78 is 5.10. The first-order chi connectivity index (χ1) is 11.1. The summed E-state index contributed by atoms with van der Waals surface area (Å²) in [5.41, 5.74) is 1.23. The Morgan fingerprint density at radius 2 is 2.04 bits per heavy atom. The second kappa shape index (κ2) is 8.30. The van der Waals surface area contributed by atoms with E-state index in [9.17, 15) is 14.7 Å². The summed E-state index contributed by atoms with van der Waals surface area (Å²) >= 11 is 1.49. The fraction of sp³-hybridized carbons (Fsp3) is 0.250. The summed E-state index contributed by atoms with van der Waals surface area (Å²) in [7, 11) is 1.48. The first kappa shape index (κ1) is 17.0. The van der Waals surface area contributed by atoms with E-state index < -0.39 is 17.9 Å². The van der Waals surface area contributed by atoms with E-state index in [0.717, 1.165) is 5.56 Å². The van der Waals surface area contributed by atoms with Crippen molar-refractivity contribution in [2.24, 2.45) is 0 Å². The fourth-order valence-electron chi connectivity index (χ4n) is 1.96. The number of ether oxygens (including phenoxy) is 1. The molecule has 1 unspecified atom stereocenters.